The molecule has 1 saturated heterocycles. The Morgan fingerprint density at radius 2 is 1.92 bits per heavy atom. The van der Waals surface area contributed by atoms with Crippen molar-refractivity contribution in [3.63, 3.8) is 0 Å². The molecule has 1 aliphatic heterocycles. The van der Waals surface area contributed by atoms with E-state index < -0.39 is 0 Å². The monoisotopic (exact) mass is 184 g/mol. The Labute approximate surface area is 78.8 Å². The van der Waals surface area contributed by atoms with Gasteiger partial charge >= 0.3 is 5.97 Å². The third kappa shape index (κ3) is 3.16. The average molecular weight is 184 g/mol. The molecular weight excluding hydrogens is 168 g/mol. The summed E-state index contributed by atoms with van der Waals surface area (Å²) in [5.74, 6) is -0.265. The molecule has 74 valence electrons. The van der Waals surface area contributed by atoms with Gasteiger partial charge in [-0.2, -0.15) is 0 Å². The van der Waals surface area contributed by atoms with E-state index in [1.807, 2.05) is 14.1 Å². The molecule has 0 amide bonds. The van der Waals surface area contributed by atoms with Gasteiger partial charge in [-0.05, 0) is 19.7 Å². The Balaban J connectivity index is 2.59. The molecule has 0 unspecified atom stereocenters. The second-order valence-corrected chi connectivity index (χ2v) is 3.50. The van der Waals surface area contributed by atoms with Crippen molar-refractivity contribution in [1.82, 2.24) is 9.80 Å². The zero-order chi connectivity index (χ0) is 9.84. The van der Waals surface area contributed by atoms with E-state index in [-0.39, 0.29) is 5.97 Å². The normalized spacial score (nSPS) is 20.1. The number of carbonyl (C=O) groups is 1. The molecule has 1 heterocycles. The van der Waals surface area contributed by atoms with E-state index in [9.17, 15) is 4.79 Å². The third-order valence-corrected chi connectivity index (χ3v) is 1.95. The number of esters is 1. The van der Waals surface area contributed by atoms with E-state index in [2.05, 4.69) is 14.5 Å². The van der Waals surface area contributed by atoms with Gasteiger partial charge in [0.2, 0.25) is 0 Å². The smallest absolute Gasteiger partial charge is 0.330 e. The molecule has 0 atom stereocenters. The SMILES string of the molecule is COC(=O)C=C1CN(C)CN(C)C1. The summed E-state index contributed by atoms with van der Waals surface area (Å²) in [6, 6.07) is 0. The van der Waals surface area contributed by atoms with Crippen molar-refractivity contribution in [3.8, 4) is 0 Å². The predicted octanol–water partition coefficient (Wildman–Crippen LogP) is -0.0795. The van der Waals surface area contributed by atoms with Crippen molar-refractivity contribution < 1.29 is 9.53 Å². The highest BCUT2D eigenvalue weighted by Crippen LogP contribution is 2.07. The summed E-state index contributed by atoms with van der Waals surface area (Å²) in [6.45, 7) is 2.64. The quantitative estimate of drug-likeness (QED) is 0.421. The number of ether oxygens (including phenoxy) is 1. The van der Waals surface area contributed by atoms with Gasteiger partial charge in [0.15, 0.2) is 0 Å². The van der Waals surface area contributed by atoms with E-state index in [0.29, 0.717) is 0 Å². The number of nitrogens with zero attached hydrogens (tertiary/aromatic N) is 2. The van der Waals surface area contributed by atoms with Crippen LogP contribution in [0.3, 0.4) is 0 Å². The summed E-state index contributed by atoms with van der Waals surface area (Å²) in [6.07, 6.45) is 1.58. The number of carbonyl (C=O) groups excluding carboxylic acids is 1. The van der Waals surface area contributed by atoms with E-state index in [0.717, 1.165) is 25.3 Å². The molecule has 0 saturated carbocycles. The molecule has 0 aromatic carbocycles. The van der Waals surface area contributed by atoms with Gasteiger partial charge in [-0.3, -0.25) is 9.80 Å². The number of likely N-dealkylation sites (N-methyl/N-ethyl adjacent to an activating group) is 2. The highest BCUT2D eigenvalue weighted by Gasteiger charge is 2.15. The van der Waals surface area contributed by atoms with E-state index in [1.54, 1.807) is 6.08 Å². The van der Waals surface area contributed by atoms with Gasteiger partial charge in [0.05, 0.1) is 13.8 Å². The highest BCUT2D eigenvalue weighted by atomic mass is 16.5. The first kappa shape index (κ1) is 10.2. The summed E-state index contributed by atoms with van der Waals surface area (Å²) < 4.78 is 4.57. The largest absolute Gasteiger partial charge is 0.466 e. The first-order chi connectivity index (χ1) is 6.11. The topological polar surface area (TPSA) is 32.8 Å². The summed E-state index contributed by atoms with van der Waals surface area (Å²) in [5.41, 5.74) is 1.10. The minimum atomic E-state index is -0.265. The lowest BCUT2D eigenvalue weighted by molar-refractivity contribution is -0.134. The van der Waals surface area contributed by atoms with Crippen LogP contribution in [0, 0.1) is 0 Å². The number of hydrogen-bond donors (Lipinski definition) is 0. The highest BCUT2D eigenvalue weighted by molar-refractivity contribution is 5.82. The second-order valence-electron chi connectivity index (χ2n) is 3.50. The fourth-order valence-electron chi connectivity index (χ4n) is 1.57. The van der Waals surface area contributed by atoms with Crippen molar-refractivity contribution >= 4 is 5.97 Å². The molecule has 0 spiro atoms. The predicted molar refractivity (Wildman–Crippen MR) is 50.2 cm³/mol. The lowest BCUT2D eigenvalue weighted by Crippen LogP contribution is -2.42. The van der Waals surface area contributed by atoms with E-state index in [1.165, 1.54) is 7.11 Å². The van der Waals surface area contributed by atoms with Crippen molar-refractivity contribution in [2.75, 3.05) is 41.0 Å². The minimum Gasteiger partial charge on any atom is -0.466 e. The lowest BCUT2D eigenvalue weighted by Gasteiger charge is -2.32. The number of hydrogen-bond acceptors (Lipinski definition) is 4. The number of rotatable bonds is 1. The van der Waals surface area contributed by atoms with Crippen LogP contribution in [-0.4, -0.2) is 56.7 Å². The molecular formula is C9H16N2O2. The van der Waals surface area contributed by atoms with Gasteiger partial charge in [-0.25, -0.2) is 4.79 Å². The summed E-state index contributed by atoms with van der Waals surface area (Å²) in [5, 5.41) is 0. The maximum atomic E-state index is 11.0. The van der Waals surface area contributed by atoms with Gasteiger partial charge in [0, 0.05) is 19.2 Å². The van der Waals surface area contributed by atoms with Crippen LogP contribution >= 0.6 is 0 Å². The van der Waals surface area contributed by atoms with Gasteiger partial charge in [-0.1, -0.05) is 0 Å². The Bertz CT molecular complexity index is 214. The van der Waals surface area contributed by atoms with Crippen molar-refractivity contribution in [2.45, 2.75) is 0 Å². The molecule has 0 bridgehead atoms. The maximum absolute atomic E-state index is 11.0. The zero-order valence-corrected chi connectivity index (χ0v) is 8.41. The van der Waals surface area contributed by atoms with Gasteiger partial charge in [-0.15, -0.1) is 0 Å². The van der Waals surface area contributed by atoms with Crippen molar-refractivity contribution in [2.24, 2.45) is 0 Å². The first-order valence-corrected chi connectivity index (χ1v) is 4.26. The minimum absolute atomic E-state index is 0.265. The molecule has 13 heavy (non-hydrogen) atoms. The van der Waals surface area contributed by atoms with E-state index >= 15 is 0 Å². The third-order valence-electron chi connectivity index (χ3n) is 1.95. The van der Waals surface area contributed by atoms with E-state index in [4.69, 9.17) is 0 Å². The van der Waals surface area contributed by atoms with Crippen LogP contribution in [-0.2, 0) is 9.53 Å². The van der Waals surface area contributed by atoms with Crippen LogP contribution in [0.25, 0.3) is 0 Å². The van der Waals surface area contributed by atoms with Crippen LogP contribution < -0.4 is 0 Å². The Morgan fingerprint density at radius 3 is 2.38 bits per heavy atom. The molecule has 1 fully saturated rings. The molecule has 4 heteroatoms. The molecule has 0 radical (unpaired) electrons. The van der Waals surface area contributed by atoms with Gasteiger partial charge < -0.3 is 4.74 Å². The zero-order valence-electron chi connectivity index (χ0n) is 8.41. The Hall–Kier alpha value is -0.870. The summed E-state index contributed by atoms with van der Waals surface area (Å²) >= 11 is 0. The molecule has 4 nitrogen and oxygen atoms in total. The molecule has 1 rings (SSSR count). The Kier molecular flexibility index (Phi) is 3.45. The molecule has 1 aliphatic rings. The summed E-state index contributed by atoms with van der Waals surface area (Å²) in [7, 11) is 5.46. The van der Waals surface area contributed by atoms with Crippen LogP contribution in [0.4, 0.5) is 0 Å². The lowest BCUT2D eigenvalue weighted by atomic mass is 10.2. The standard InChI is InChI=1S/C9H16N2O2/c1-10-5-8(4-9(12)13-3)6-11(2)7-10/h4H,5-7H2,1-3H3. The molecule has 0 aromatic heterocycles. The van der Waals surface area contributed by atoms with Crippen molar-refractivity contribution in [1.29, 1.82) is 0 Å². The fourth-order valence-corrected chi connectivity index (χ4v) is 1.57. The molecule has 0 aliphatic carbocycles. The molecule has 0 aromatic rings. The van der Waals surface area contributed by atoms with Crippen molar-refractivity contribution in [3.05, 3.63) is 11.6 Å². The summed E-state index contributed by atoms with van der Waals surface area (Å²) in [4.78, 5) is 15.3. The molecule has 0 N–H and O–H groups in total. The average Bonchev–Trinajstić information content (AvgIpc) is 2.02. The van der Waals surface area contributed by atoms with Gasteiger partial charge in [0.25, 0.3) is 0 Å². The maximum Gasteiger partial charge on any atom is 0.330 e. The second kappa shape index (κ2) is 4.39. The first-order valence-electron chi connectivity index (χ1n) is 4.26. The Morgan fingerprint density at radius 1 is 1.38 bits per heavy atom. The van der Waals surface area contributed by atoms with Crippen LogP contribution in [0.2, 0.25) is 0 Å². The number of methoxy groups -OCH3 is 1. The fraction of sp³-hybridized carbons (Fsp3) is 0.667. The van der Waals surface area contributed by atoms with Crippen LogP contribution in [0.1, 0.15) is 0 Å². The van der Waals surface area contributed by atoms with Crippen LogP contribution in [0.5, 0.6) is 0 Å². The van der Waals surface area contributed by atoms with Gasteiger partial charge in [0.1, 0.15) is 0 Å². The van der Waals surface area contributed by atoms with Crippen LogP contribution in [0.15, 0.2) is 11.6 Å².